The van der Waals surface area contributed by atoms with Crippen molar-refractivity contribution in [2.24, 2.45) is 0 Å². The van der Waals surface area contributed by atoms with Gasteiger partial charge in [0.25, 0.3) is 5.91 Å². The predicted octanol–water partition coefficient (Wildman–Crippen LogP) is 5.50. The molecule has 0 unspecified atom stereocenters. The summed E-state index contributed by atoms with van der Waals surface area (Å²) in [5.74, 6) is 0.802. The number of benzene rings is 3. The highest BCUT2D eigenvalue weighted by Crippen LogP contribution is 2.39. The Morgan fingerprint density at radius 1 is 1.09 bits per heavy atom. The summed E-state index contributed by atoms with van der Waals surface area (Å²) in [5, 5.41) is 6.27. The second kappa shape index (κ2) is 8.43. The molecular formula is C26H23FN4O2. The molecule has 2 heterocycles. The zero-order valence-corrected chi connectivity index (χ0v) is 18.3. The van der Waals surface area contributed by atoms with Crippen LogP contribution in [-0.4, -0.2) is 22.1 Å². The number of fused-ring (bicyclic) bond motifs is 3. The zero-order chi connectivity index (χ0) is 22.9. The molecule has 0 bridgehead atoms. The normalized spacial score (nSPS) is 15.2. The number of amides is 1. The fourth-order valence-corrected chi connectivity index (χ4v) is 4.22. The molecule has 0 fully saturated rings. The highest BCUT2D eigenvalue weighted by Gasteiger charge is 2.34. The topological polar surface area (TPSA) is 68.2 Å². The van der Waals surface area contributed by atoms with Gasteiger partial charge in [-0.3, -0.25) is 9.36 Å². The van der Waals surface area contributed by atoms with E-state index in [0.29, 0.717) is 29.5 Å². The van der Waals surface area contributed by atoms with Gasteiger partial charge in [0.1, 0.15) is 11.6 Å². The van der Waals surface area contributed by atoms with E-state index in [-0.39, 0.29) is 11.7 Å². The highest BCUT2D eigenvalue weighted by molar-refractivity contribution is 6.06. The second-order valence-electron chi connectivity index (χ2n) is 7.82. The van der Waals surface area contributed by atoms with E-state index in [1.54, 1.807) is 24.3 Å². The molecule has 6 nitrogen and oxygen atoms in total. The molecule has 33 heavy (non-hydrogen) atoms. The minimum Gasteiger partial charge on any atom is -0.494 e. The van der Waals surface area contributed by atoms with E-state index < -0.39 is 6.04 Å². The van der Waals surface area contributed by atoms with Gasteiger partial charge >= 0.3 is 0 Å². The number of allylic oxidation sites excluding steroid dienone is 1. The number of ether oxygens (including phenoxy) is 1. The number of nitrogens with zero attached hydrogens (tertiary/aromatic N) is 2. The fourth-order valence-electron chi connectivity index (χ4n) is 4.22. The maximum atomic E-state index is 13.7. The zero-order valence-electron chi connectivity index (χ0n) is 18.3. The van der Waals surface area contributed by atoms with Crippen LogP contribution in [0.25, 0.3) is 11.0 Å². The van der Waals surface area contributed by atoms with Crippen LogP contribution in [0.5, 0.6) is 5.75 Å². The van der Waals surface area contributed by atoms with Gasteiger partial charge in [-0.15, -0.1) is 0 Å². The molecule has 0 aliphatic carbocycles. The third kappa shape index (κ3) is 3.82. The van der Waals surface area contributed by atoms with E-state index in [1.165, 1.54) is 12.1 Å². The Balaban J connectivity index is 1.58. The number of nitrogens with one attached hydrogen (secondary N) is 2. The van der Waals surface area contributed by atoms with Gasteiger partial charge in [0.2, 0.25) is 5.95 Å². The van der Waals surface area contributed by atoms with Gasteiger partial charge < -0.3 is 15.4 Å². The molecule has 0 saturated carbocycles. The van der Waals surface area contributed by atoms with Crippen molar-refractivity contribution in [3.05, 3.63) is 95.4 Å². The second-order valence-corrected chi connectivity index (χ2v) is 7.82. The minimum absolute atomic E-state index is 0.248. The van der Waals surface area contributed by atoms with Crippen LogP contribution in [-0.2, 0) is 4.79 Å². The summed E-state index contributed by atoms with van der Waals surface area (Å²) in [6.45, 7) is 4.35. The van der Waals surface area contributed by atoms with E-state index in [1.807, 2.05) is 54.8 Å². The largest absolute Gasteiger partial charge is 0.494 e. The quantitative estimate of drug-likeness (QED) is 0.428. The van der Waals surface area contributed by atoms with Gasteiger partial charge in [0, 0.05) is 11.4 Å². The van der Waals surface area contributed by atoms with E-state index in [0.717, 1.165) is 22.3 Å². The third-order valence-electron chi connectivity index (χ3n) is 5.68. The molecule has 1 atom stereocenters. The minimum atomic E-state index is -0.475. The number of carbonyl (C=O) groups is 1. The SMILES string of the molecule is CCOc1ccc(NC(=O)C2=C(C)Nc3nc4ccccc4n3[C@@H]2c2ccc(F)cc2)cc1. The number of aromatic nitrogens is 2. The van der Waals surface area contributed by atoms with Crippen molar-refractivity contribution < 1.29 is 13.9 Å². The first kappa shape index (κ1) is 20.8. The van der Waals surface area contributed by atoms with Crippen LogP contribution < -0.4 is 15.4 Å². The van der Waals surface area contributed by atoms with Gasteiger partial charge in [-0.25, -0.2) is 9.37 Å². The third-order valence-corrected chi connectivity index (χ3v) is 5.68. The van der Waals surface area contributed by atoms with E-state index in [2.05, 4.69) is 10.6 Å². The Morgan fingerprint density at radius 2 is 1.82 bits per heavy atom. The van der Waals surface area contributed by atoms with Crippen LogP contribution in [0.4, 0.5) is 16.0 Å². The average Bonchev–Trinajstić information content (AvgIpc) is 3.18. The lowest BCUT2D eigenvalue weighted by Crippen LogP contribution is -2.30. The van der Waals surface area contributed by atoms with Crippen LogP contribution in [0.2, 0.25) is 0 Å². The molecular weight excluding hydrogens is 419 g/mol. The predicted molar refractivity (Wildman–Crippen MR) is 127 cm³/mol. The monoisotopic (exact) mass is 442 g/mol. The first-order valence-electron chi connectivity index (χ1n) is 10.8. The van der Waals surface area contributed by atoms with Gasteiger partial charge in [0.05, 0.1) is 29.3 Å². The average molecular weight is 442 g/mol. The van der Waals surface area contributed by atoms with Gasteiger partial charge in [-0.05, 0) is 67.9 Å². The molecule has 7 heteroatoms. The Kier molecular flexibility index (Phi) is 5.30. The molecule has 4 aromatic rings. The molecule has 1 aliphatic rings. The molecule has 2 N–H and O–H groups in total. The van der Waals surface area contributed by atoms with Crippen molar-refractivity contribution in [1.82, 2.24) is 9.55 Å². The van der Waals surface area contributed by atoms with Crippen LogP contribution in [0.1, 0.15) is 25.5 Å². The lowest BCUT2D eigenvalue weighted by atomic mass is 9.94. The maximum Gasteiger partial charge on any atom is 0.255 e. The molecule has 5 rings (SSSR count). The van der Waals surface area contributed by atoms with Crippen LogP contribution in [0.15, 0.2) is 84.1 Å². The van der Waals surface area contributed by atoms with E-state index in [9.17, 15) is 9.18 Å². The molecule has 1 aromatic heterocycles. The van der Waals surface area contributed by atoms with Gasteiger partial charge in [-0.2, -0.15) is 0 Å². The molecule has 1 aliphatic heterocycles. The molecule has 0 radical (unpaired) electrons. The maximum absolute atomic E-state index is 13.7. The van der Waals surface area contributed by atoms with E-state index in [4.69, 9.17) is 9.72 Å². The standard InChI is InChI=1S/C26H23FN4O2/c1-3-33-20-14-12-19(13-15-20)29-25(32)23-16(2)28-26-30-21-6-4-5-7-22(21)31(26)24(23)17-8-10-18(27)11-9-17/h4-15,24H,3H2,1-2H3,(H,28,30)(H,29,32)/t24-/m1/s1. The van der Waals surface area contributed by atoms with E-state index >= 15 is 0 Å². The molecule has 3 aromatic carbocycles. The fraction of sp³-hybridized carbons (Fsp3) is 0.154. The smallest absolute Gasteiger partial charge is 0.255 e. The van der Waals surface area contributed by atoms with Crippen LogP contribution >= 0.6 is 0 Å². The summed E-state index contributed by atoms with van der Waals surface area (Å²) < 4.78 is 21.2. The summed E-state index contributed by atoms with van der Waals surface area (Å²) in [4.78, 5) is 18.3. The molecule has 1 amide bonds. The van der Waals surface area contributed by atoms with Crippen molar-refractivity contribution in [1.29, 1.82) is 0 Å². The number of carbonyl (C=O) groups excluding carboxylic acids is 1. The van der Waals surface area contributed by atoms with Crippen molar-refractivity contribution in [2.45, 2.75) is 19.9 Å². The number of hydrogen-bond acceptors (Lipinski definition) is 4. The summed E-state index contributed by atoms with van der Waals surface area (Å²) in [5.41, 5.74) is 4.37. The molecule has 166 valence electrons. The van der Waals surface area contributed by atoms with Gasteiger partial charge in [-0.1, -0.05) is 24.3 Å². The van der Waals surface area contributed by atoms with Crippen molar-refractivity contribution in [3.63, 3.8) is 0 Å². The number of imidazole rings is 1. The Bertz CT molecular complexity index is 1360. The first-order chi connectivity index (χ1) is 16.0. The Labute approximate surface area is 190 Å². The Hall–Kier alpha value is -4.13. The van der Waals surface area contributed by atoms with Crippen LogP contribution in [0.3, 0.4) is 0 Å². The lowest BCUT2D eigenvalue weighted by molar-refractivity contribution is -0.113. The molecule has 0 spiro atoms. The number of hydrogen-bond donors (Lipinski definition) is 2. The lowest BCUT2D eigenvalue weighted by Gasteiger charge is -2.30. The van der Waals surface area contributed by atoms with Crippen molar-refractivity contribution in [3.8, 4) is 5.75 Å². The van der Waals surface area contributed by atoms with Crippen molar-refractivity contribution >= 4 is 28.6 Å². The van der Waals surface area contributed by atoms with Crippen molar-refractivity contribution in [2.75, 3.05) is 17.2 Å². The number of rotatable bonds is 5. The summed E-state index contributed by atoms with van der Waals surface area (Å²) in [6.07, 6.45) is 0. The van der Waals surface area contributed by atoms with Crippen LogP contribution in [0, 0.1) is 5.82 Å². The number of halogens is 1. The summed E-state index contributed by atoms with van der Waals surface area (Å²) >= 11 is 0. The summed E-state index contributed by atoms with van der Waals surface area (Å²) in [7, 11) is 0. The number of para-hydroxylation sites is 2. The first-order valence-corrected chi connectivity index (χ1v) is 10.8. The summed E-state index contributed by atoms with van der Waals surface area (Å²) in [6, 6.07) is 20.8. The van der Waals surface area contributed by atoms with Gasteiger partial charge in [0.15, 0.2) is 0 Å². The molecule has 0 saturated heterocycles. The number of anilines is 2. The highest BCUT2D eigenvalue weighted by atomic mass is 19.1. The Morgan fingerprint density at radius 3 is 2.55 bits per heavy atom.